The number of aryl methyl sites for hydroxylation is 1. The topological polar surface area (TPSA) is 84.3 Å². The molecular weight excluding hydrogens is 448 g/mol. The number of rotatable bonds is 8. The molecule has 0 atom stereocenters. The van der Waals surface area contributed by atoms with Gasteiger partial charge in [-0.1, -0.05) is 60.7 Å². The van der Waals surface area contributed by atoms with E-state index >= 15 is 0 Å². The number of carbonyl (C=O) groups is 1. The normalized spacial score (nSPS) is 15.4. The Kier molecular flexibility index (Phi) is 7.48. The third-order valence-electron chi connectivity index (χ3n) is 6.56. The van der Waals surface area contributed by atoms with E-state index in [0.717, 1.165) is 22.5 Å². The van der Waals surface area contributed by atoms with Crippen LogP contribution in [0.2, 0.25) is 0 Å². The number of aromatic nitrogens is 2. The number of hydrogen-bond donors (Lipinski definition) is 1. The lowest BCUT2D eigenvalue weighted by Crippen LogP contribution is -2.43. The fourth-order valence-electron chi connectivity index (χ4n) is 4.49. The quantitative estimate of drug-likeness (QED) is 0.536. The summed E-state index contributed by atoms with van der Waals surface area (Å²) in [7, 11) is -3.38. The largest absolute Gasteiger partial charge is 0.352 e. The fraction of sp³-hybridized carbons (Fsp3) is 0.385. The van der Waals surface area contributed by atoms with Gasteiger partial charge in [0, 0.05) is 36.8 Å². The highest BCUT2D eigenvalue weighted by molar-refractivity contribution is 7.88. The summed E-state index contributed by atoms with van der Waals surface area (Å²) in [4.78, 5) is 12.8. The highest BCUT2D eigenvalue weighted by Gasteiger charge is 2.31. The molecule has 1 aliphatic rings. The first-order chi connectivity index (χ1) is 16.3. The predicted molar refractivity (Wildman–Crippen MR) is 132 cm³/mol. The molecule has 4 rings (SSSR count). The molecule has 0 radical (unpaired) electrons. The number of nitrogens with one attached hydrogen (secondary N) is 1. The van der Waals surface area contributed by atoms with Gasteiger partial charge >= 0.3 is 0 Å². The van der Waals surface area contributed by atoms with Crippen LogP contribution in [0.15, 0.2) is 60.7 Å². The van der Waals surface area contributed by atoms with Crippen LogP contribution >= 0.6 is 0 Å². The average Bonchev–Trinajstić information content (AvgIpc) is 3.10. The lowest BCUT2D eigenvalue weighted by molar-refractivity contribution is -0.126. The summed E-state index contributed by atoms with van der Waals surface area (Å²) in [6, 6.07) is 19.4. The second-order valence-electron chi connectivity index (χ2n) is 8.93. The van der Waals surface area contributed by atoms with Crippen molar-refractivity contribution in [2.75, 3.05) is 13.1 Å². The Morgan fingerprint density at radius 1 is 0.971 bits per heavy atom. The number of benzene rings is 2. The first-order valence-electron chi connectivity index (χ1n) is 11.7. The number of piperidine rings is 1. The zero-order chi connectivity index (χ0) is 24.1. The lowest BCUT2D eigenvalue weighted by Gasteiger charge is -2.30. The van der Waals surface area contributed by atoms with Crippen LogP contribution in [0, 0.1) is 19.8 Å². The minimum atomic E-state index is -3.38. The molecule has 1 amide bonds. The third-order valence-corrected chi connectivity index (χ3v) is 8.41. The van der Waals surface area contributed by atoms with Gasteiger partial charge in [-0.2, -0.15) is 5.10 Å². The molecule has 1 fully saturated rings. The summed E-state index contributed by atoms with van der Waals surface area (Å²) in [5.74, 6) is -0.200. The highest BCUT2D eigenvalue weighted by atomic mass is 32.2. The zero-order valence-electron chi connectivity index (χ0n) is 19.8. The number of carbonyl (C=O) groups excluding carboxylic acids is 1. The van der Waals surface area contributed by atoms with Crippen LogP contribution in [-0.4, -0.2) is 41.5 Å². The maximum absolute atomic E-state index is 12.8. The molecule has 0 unspecified atom stereocenters. The summed E-state index contributed by atoms with van der Waals surface area (Å²) >= 11 is 0. The van der Waals surface area contributed by atoms with Gasteiger partial charge in [0.15, 0.2) is 0 Å². The van der Waals surface area contributed by atoms with Crippen LogP contribution in [-0.2, 0) is 33.7 Å². The van der Waals surface area contributed by atoms with Crippen molar-refractivity contribution in [1.29, 1.82) is 0 Å². The van der Waals surface area contributed by atoms with E-state index in [2.05, 4.69) is 22.5 Å². The average molecular weight is 481 g/mol. The van der Waals surface area contributed by atoms with Crippen molar-refractivity contribution in [3.05, 3.63) is 88.7 Å². The van der Waals surface area contributed by atoms with Gasteiger partial charge in [0.05, 0.1) is 18.0 Å². The minimum absolute atomic E-state index is 0.00374. The smallest absolute Gasteiger partial charge is 0.223 e. The van der Waals surface area contributed by atoms with Crippen molar-refractivity contribution >= 4 is 15.9 Å². The van der Waals surface area contributed by atoms with E-state index in [1.54, 1.807) is 0 Å². The van der Waals surface area contributed by atoms with Crippen LogP contribution in [0.4, 0.5) is 0 Å². The number of sulfonamides is 1. The van der Waals surface area contributed by atoms with Gasteiger partial charge in [0.2, 0.25) is 15.9 Å². The van der Waals surface area contributed by atoms with Gasteiger partial charge in [-0.3, -0.25) is 9.48 Å². The second-order valence-corrected chi connectivity index (χ2v) is 10.9. The van der Waals surface area contributed by atoms with E-state index in [-0.39, 0.29) is 17.6 Å². The van der Waals surface area contributed by atoms with E-state index in [1.807, 2.05) is 67.1 Å². The molecule has 34 heavy (non-hydrogen) atoms. The molecule has 2 heterocycles. The Hall–Kier alpha value is -2.97. The molecule has 0 saturated carbocycles. The molecule has 180 valence electrons. The Bertz CT molecular complexity index is 1220. The molecule has 1 aromatic heterocycles. The fourth-order valence-corrected chi connectivity index (χ4v) is 6.06. The van der Waals surface area contributed by atoms with E-state index in [1.165, 1.54) is 9.87 Å². The van der Waals surface area contributed by atoms with Crippen LogP contribution in [0.1, 0.15) is 40.9 Å². The summed E-state index contributed by atoms with van der Waals surface area (Å²) in [6.07, 6.45) is 1.07. The standard InChI is InChI=1S/C26H32N4O3S/c1-20-25(21(2)30(28-20)18-22-9-5-3-6-10-22)17-27-26(31)24-13-15-29(16-14-24)34(32,33)19-23-11-7-4-8-12-23/h3-12,24H,13-19H2,1-2H3,(H,27,31). The number of hydrogen-bond acceptors (Lipinski definition) is 4. The molecule has 1 aliphatic heterocycles. The SMILES string of the molecule is Cc1nn(Cc2ccccc2)c(C)c1CNC(=O)C1CCN(S(=O)(=O)Cc2ccccc2)CC1. The zero-order valence-corrected chi connectivity index (χ0v) is 20.6. The Morgan fingerprint density at radius 3 is 2.18 bits per heavy atom. The maximum Gasteiger partial charge on any atom is 0.223 e. The first-order valence-corrected chi connectivity index (χ1v) is 13.3. The minimum Gasteiger partial charge on any atom is -0.352 e. The van der Waals surface area contributed by atoms with Crippen molar-refractivity contribution in [3.63, 3.8) is 0 Å². The summed E-state index contributed by atoms with van der Waals surface area (Å²) in [5.41, 5.74) is 4.95. The van der Waals surface area contributed by atoms with Gasteiger partial charge in [0.1, 0.15) is 0 Å². The lowest BCUT2D eigenvalue weighted by atomic mass is 9.97. The molecule has 0 spiro atoms. The summed E-state index contributed by atoms with van der Waals surface area (Å²) in [5, 5.41) is 7.72. The van der Waals surface area contributed by atoms with Gasteiger partial charge in [-0.25, -0.2) is 12.7 Å². The first kappa shape index (κ1) is 24.2. The van der Waals surface area contributed by atoms with Crippen LogP contribution < -0.4 is 5.32 Å². The molecule has 8 heteroatoms. The molecule has 2 aromatic carbocycles. The molecular formula is C26H32N4O3S. The monoisotopic (exact) mass is 480 g/mol. The Labute approximate surface area is 201 Å². The molecule has 7 nitrogen and oxygen atoms in total. The third kappa shape index (κ3) is 5.74. The van der Waals surface area contributed by atoms with E-state index in [4.69, 9.17) is 0 Å². The van der Waals surface area contributed by atoms with Crippen LogP contribution in [0.3, 0.4) is 0 Å². The summed E-state index contributed by atoms with van der Waals surface area (Å²) < 4.78 is 29.0. The van der Waals surface area contributed by atoms with Crippen LogP contribution in [0.5, 0.6) is 0 Å². The molecule has 3 aromatic rings. The van der Waals surface area contributed by atoms with Gasteiger partial charge in [-0.15, -0.1) is 0 Å². The molecule has 1 N–H and O–H groups in total. The van der Waals surface area contributed by atoms with E-state index in [9.17, 15) is 13.2 Å². The summed E-state index contributed by atoms with van der Waals surface area (Å²) in [6.45, 7) is 5.86. The molecule has 1 saturated heterocycles. The van der Waals surface area contributed by atoms with Gasteiger partial charge < -0.3 is 5.32 Å². The van der Waals surface area contributed by atoms with Crippen molar-refractivity contribution in [2.24, 2.45) is 5.92 Å². The molecule has 0 aliphatic carbocycles. The van der Waals surface area contributed by atoms with Crippen LogP contribution in [0.25, 0.3) is 0 Å². The van der Waals surface area contributed by atoms with Crippen molar-refractivity contribution in [1.82, 2.24) is 19.4 Å². The van der Waals surface area contributed by atoms with Crippen molar-refractivity contribution in [2.45, 2.75) is 45.5 Å². The predicted octanol–water partition coefficient (Wildman–Crippen LogP) is 3.41. The van der Waals surface area contributed by atoms with Gasteiger partial charge in [0.25, 0.3) is 0 Å². The Balaban J connectivity index is 1.30. The number of nitrogens with zero attached hydrogens (tertiary/aromatic N) is 3. The second kappa shape index (κ2) is 10.5. The highest BCUT2D eigenvalue weighted by Crippen LogP contribution is 2.22. The van der Waals surface area contributed by atoms with Crippen molar-refractivity contribution in [3.8, 4) is 0 Å². The van der Waals surface area contributed by atoms with Crippen molar-refractivity contribution < 1.29 is 13.2 Å². The maximum atomic E-state index is 12.8. The van der Waals surface area contributed by atoms with E-state index < -0.39 is 10.0 Å². The molecule has 0 bridgehead atoms. The van der Waals surface area contributed by atoms with E-state index in [0.29, 0.717) is 39.0 Å². The Morgan fingerprint density at radius 2 is 1.56 bits per heavy atom. The number of amides is 1. The van der Waals surface area contributed by atoms with Gasteiger partial charge in [-0.05, 0) is 37.8 Å².